The van der Waals surface area contributed by atoms with E-state index in [1.54, 1.807) is 24.3 Å². The number of halogens is 2. The molecule has 0 atom stereocenters. The van der Waals surface area contributed by atoms with Gasteiger partial charge in [0.25, 0.3) is 11.5 Å². The molecule has 3 rings (SSSR count). The standard InChI is InChI=1S/C21H17F2N3O3/c1-13(27)11-24-21(29)15-4-2-3-14(7-15)12-26-20(28)6-5-19(25-26)16-8-17(22)10-18(23)9-16/h2-10H,11-12H2,1H3,(H,24,29). The van der Waals surface area contributed by atoms with Crippen LogP contribution in [-0.4, -0.2) is 28.0 Å². The van der Waals surface area contributed by atoms with Crippen LogP contribution in [0.4, 0.5) is 8.78 Å². The molecular formula is C21H17F2N3O3. The molecular weight excluding hydrogens is 380 g/mol. The fourth-order valence-electron chi connectivity index (χ4n) is 2.71. The third kappa shape index (κ3) is 5.19. The normalized spacial score (nSPS) is 10.6. The molecule has 0 aliphatic carbocycles. The number of benzene rings is 2. The Labute approximate surface area is 164 Å². The Morgan fingerprint density at radius 1 is 1.03 bits per heavy atom. The summed E-state index contributed by atoms with van der Waals surface area (Å²) in [5.41, 5.74) is 0.988. The molecule has 2 aromatic carbocycles. The first-order chi connectivity index (χ1) is 13.8. The zero-order chi connectivity index (χ0) is 21.0. The van der Waals surface area contributed by atoms with E-state index in [1.807, 2.05) is 0 Å². The maximum absolute atomic E-state index is 13.5. The molecule has 3 aromatic rings. The van der Waals surface area contributed by atoms with Crippen LogP contribution in [0.25, 0.3) is 11.3 Å². The highest BCUT2D eigenvalue weighted by molar-refractivity contribution is 5.96. The molecule has 6 nitrogen and oxygen atoms in total. The molecule has 1 N–H and O–H groups in total. The number of ketones is 1. The molecule has 8 heteroatoms. The van der Waals surface area contributed by atoms with Crippen molar-refractivity contribution in [3.05, 3.63) is 87.7 Å². The Bertz CT molecular complexity index is 1120. The molecule has 0 aliphatic rings. The van der Waals surface area contributed by atoms with Crippen LogP contribution in [0.15, 0.2) is 59.4 Å². The largest absolute Gasteiger partial charge is 0.345 e. The fourth-order valence-corrected chi connectivity index (χ4v) is 2.71. The number of hydrogen-bond acceptors (Lipinski definition) is 4. The second-order valence-electron chi connectivity index (χ2n) is 6.46. The number of aromatic nitrogens is 2. The van der Waals surface area contributed by atoms with E-state index in [0.29, 0.717) is 11.1 Å². The predicted molar refractivity (Wildman–Crippen MR) is 102 cm³/mol. The average Bonchev–Trinajstić information content (AvgIpc) is 2.67. The molecule has 1 heterocycles. The summed E-state index contributed by atoms with van der Waals surface area (Å²) in [6, 6.07) is 12.2. The second-order valence-corrected chi connectivity index (χ2v) is 6.46. The molecule has 0 radical (unpaired) electrons. The van der Waals surface area contributed by atoms with Gasteiger partial charge < -0.3 is 5.32 Å². The van der Waals surface area contributed by atoms with Gasteiger partial charge >= 0.3 is 0 Å². The van der Waals surface area contributed by atoms with Crippen LogP contribution in [0.2, 0.25) is 0 Å². The Balaban J connectivity index is 1.87. The SMILES string of the molecule is CC(=O)CNC(=O)c1cccc(Cn2nc(-c3cc(F)cc(F)c3)ccc2=O)c1. The number of nitrogens with zero attached hydrogens (tertiary/aromatic N) is 2. The van der Waals surface area contributed by atoms with Gasteiger partial charge in [-0.3, -0.25) is 14.4 Å². The third-order valence-electron chi connectivity index (χ3n) is 4.04. The Morgan fingerprint density at radius 3 is 2.45 bits per heavy atom. The summed E-state index contributed by atoms with van der Waals surface area (Å²) in [6.07, 6.45) is 0. The second kappa shape index (κ2) is 8.55. The van der Waals surface area contributed by atoms with Crippen molar-refractivity contribution in [3.8, 4) is 11.3 Å². The van der Waals surface area contributed by atoms with Crippen molar-refractivity contribution in [2.24, 2.45) is 0 Å². The maximum atomic E-state index is 13.5. The van der Waals surface area contributed by atoms with Gasteiger partial charge in [-0.25, -0.2) is 13.5 Å². The van der Waals surface area contributed by atoms with Gasteiger partial charge in [0.15, 0.2) is 0 Å². The maximum Gasteiger partial charge on any atom is 0.267 e. The minimum Gasteiger partial charge on any atom is -0.345 e. The van der Waals surface area contributed by atoms with Crippen molar-refractivity contribution in [2.45, 2.75) is 13.5 Å². The predicted octanol–water partition coefficient (Wildman–Crippen LogP) is 2.56. The quantitative estimate of drug-likeness (QED) is 0.693. The molecule has 148 valence electrons. The monoisotopic (exact) mass is 397 g/mol. The van der Waals surface area contributed by atoms with Gasteiger partial charge in [-0.05, 0) is 42.8 Å². The van der Waals surface area contributed by atoms with Gasteiger partial charge in [-0.1, -0.05) is 12.1 Å². The summed E-state index contributed by atoms with van der Waals surface area (Å²) < 4.78 is 28.1. The van der Waals surface area contributed by atoms with E-state index >= 15 is 0 Å². The summed E-state index contributed by atoms with van der Waals surface area (Å²) in [6.45, 7) is 1.35. The smallest absolute Gasteiger partial charge is 0.267 e. The summed E-state index contributed by atoms with van der Waals surface area (Å²) in [5.74, 6) is -2.07. The zero-order valence-electron chi connectivity index (χ0n) is 15.5. The number of hydrogen-bond donors (Lipinski definition) is 1. The lowest BCUT2D eigenvalue weighted by atomic mass is 10.1. The van der Waals surface area contributed by atoms with Gasteiger partial charge in [-0.2, -0.15) is 5.10 Å². The van der Waals surface area contributed by atoms with E-state index in [4.69, 9.17) is 0 Å². The van der Waals surface area contributed by atoms with Gasteiger partial charge in [0.1, 0.15) is 17.4 Å². The van der Waals surface area contributed by atoms with Crippen LogP contribution in [0.1, 0.15) is 22.8 Å². The van der Waals surface area contributed by atoms with Crippen LogP contribution >= 0.6 is 0 Å². The number of carbonyl (C=O) groups is 2. The lowest BCUT2D eigenvalue weighted by molar-refractivity contribution is -0.116. The van der Waals surface area contributed by atoms with E-state index in [-0.39, 0.29) is 30.1 Å². The van der Waals surface area contributed by atoms with Crippen LogP contribution in [0.5, 0.6) is 0 Å². The molecule has 29 heavy (non-hydrogen) atoms. The highest BCUT2D eigenvalue weighted by Gasteiger charge is 2.10. The number of nitrogens with one attached hydrogen (secondary N) is 1. The molecule has 0 aliphatic heterocycles. The summed E-state index contributed by atoms with van der Waals surface area (Å²) >= 11 is 0. The van der Waals surface area contributed by atoms with Crippen molar-refractivity contribution in [1.29, 1.82) is 0 Å². The zero-order valence-corrected chi connectivity index (χ0v) is 15.5. The molecule has 0 bridgehead atoms. The first-order valence-electron chi connectivity index (χ1n) is 8.73. The molecule has 1 aromatic heterocycles. The van der Waals surface area contributed by atoms with Gasteiger partial charge in [-0.15, -0.1) is 0 Å². The summed E-state index contributed by atoms with van der Waals surface area (Å²) in [5, 5.41) is 6.68. The van der Waals surface area contributed by atoms with Crippen LogP contribution in [0.3, 0.4) is 0 Å². The lowest BCUT2D eigenvalue weighted by Gasteiger charge is -2.09. The van der Waals surface area contributed by atoms with E-state index < -0.39 is 23.1 Å². The summed E-state index contributed by atoms with van der Waals surface area (Å²) in [7, 11) is 0. The first kappa shape index (κ1) is 20.1. The minimum absolute atomic E-state index is 0.0539. The van der Waals surface area contributed by atoms with E-state index in [9.17, 15) is 23.2 Å². The number of amides is 1. The first-order valence-corrected chi connectivity index (χ1v) is 8.73. The van der Waals surface area contributed by atoms with Crippen LogP contribution in [-0.2, 0) is 11.3 Å². The Morgan fingerprint density at radius 2 is 1.76 bits per heavy atom. The van der Waals surface area contributed by atoms with E-state index in [1.165, 1.54) is 19.1 Å². The molecule has 0 saturated carbocycles. The average molecular weight is 397 g/mol. The molecule has 0 fully saturated rings. The van der Waals surface area contributed by atoms with Crippen molar-refractivity contribution < 1.29 is 18.4 Å². The van der Waals surface area contributed by atoms with Gasteiger partial charge in [0, 0.05) is 23.3 Å². The van der Waals surface area contributed by atoms with Crippen molar-refractivity contribution >= 4 is 11.7 Å². The molecule has 0 unspecified atom stereocenters. The Hall–Kier alpha value is -3.68. The van der Waals surface area contributed by atoms with Crippen LogP contribution in [0, 0.1) is 11.6 Å². The lowest BCUT2D eigenvalue weighted by Crippen LogP contribution is -2.28. The van der Waals surface area contributed by atoms with Crippen LogP contribution < -0.4 is 10.9 Å². The fraction of sp³-hybridized carbons (Fsp3) is 0.143. The van der Waals surface area contributed by atoms with E-state index in [0.717, 1.165) is 22.9 Å². The summed E-state index contributed by atoms with van der Waals surface area (Å²) in [4.78, 5) is 35.3. The molecule has 1 amide bonds. The molecule has 0 spiro atoms. The van der Waals surface area contributed by atoms with Gasteiger partial charge in [0.2, 0.25) is 0 Å². The third-order valence-corrected chi connectivity index (χ3v) is 4.04. The Kier molecular flexibility index (Phi) is 5.92. The van der Waals surface area contributed by atoms with Crippen molar-refractivity contribution in [2.75, 3.05) is 6.54 Å². The van der Waals surface area contributed by atoms with Crippen molar-refractivity contribution in [1.82, 2.24) is 15.1 Å². The van der Waals surface area contributed by atoms with Crippen molar-refractivity contribution in [3.63, 3.8) is 0 Å². The van der Waals surface area contributed by atoms with Gasteiger partial charge in [0.05, 0.1) is 18.8 Å². The van der Waals surface area contributed by atoms with E-state index in [2.05, 4.69) is 10.4 Å². The highest BCUT2D eigenvalue weighted by atomic mass is 19.1. The number of rotatable bonds is 6. The number of Topliss-reactive ketones (excluding diaryl/α,β-unsaturated/α-hetero) is 1. The minimum atomic E-state index is -0.746. The number of carbonyl (C=O) groups excluding carboxylic acids is 2. The molecule has 0 saturated heterocycles. The highest BCUT2D eigenvalue weighted by Crippen LogP contribution is 2.18. The topological polar surface area (TPSA) is 81.1 Å².